The molecule has 170 valence electrons. The van der Waals surface area contributed by atoms with Crippen molar-refractivity contribution in [3.8, 4) is 0 Å². The second-order valence-corrected chi connectivity index (χ2v) is 9.40. The standard InChI is InChI=1S/C23H30N6O2S/c1-17-14-20(30)29-22(25-17)32-23(26-29)28-13-6-10-19(16-28)21(31)24-11-7-12-27(2)15-18-8-4-3-5-9-18/h3-5,8-9,14,19H,6-7,10-13,15-16H2,1-2H3,(H,24,31)/t19-/m1/s1. The lowest BCUT2D eigenvalue weighted by Crippen LogP contribution is -2.43. The van der Waals surface area contributed by atoms with Gasteiger partial charge in [0.05, 0.1) is 5.92 Å². The van der Waals surface area contributed by atoms with Crippen molar-refractivity contribution >= 4 is 27.3 Å². The number of hydrogen-bond donors (Lipinski definition) is 1. The quantitative estimate of drug-likeness (QED) is 0.526. The number of nitrogens with zero attached hydrogens (tertiary/aromatic N) is 5. The summed E-state index contributed by atoms with van der Waals surface area (Å²) in [5, 5.41) is 8.31. The topological polar surface area (TPSA) is 82.8 Å². The van der Waals surface area contributed by atoms with Crippen molar-refractivity contribution in [2.45, 2.75) is 32.7 Å². The van der Waals surface area contributed by atoms with E-state index in [9.17, 15) is 9.59 Å². The highest BCUT2D eigenvalue weighted by molar-refractivity contribution is 7.20. The zero-order chi connectivity index (χ0) is 22.5. The molecule has 0 aliphatic carbocycles. The molecule has 8 nitrogen and oxygen atoms in total. The predicted molar refractivity (Wildman–Crippen MR) is 127 cm³/mol. The first kappa shape index (κ1) is 22.4. The Morgan fingerprint density at radius 2 is 2.12 bits per heavy atom. The van der Waals surface area contributed by atoms with Crippen molar-refractivity contribution in [3.63, 3.8) is 0 Å². The molecule has 3 heterocycles. The van der Waals surface area contributed by atoms with E-state index in [1.807, 2.05) is 13.0 Å². The smallest absolute Gasteiger partial charge is 0.275 e. The highest BCUT2D eigenvalue weighted by atomic mass is 32.1. The van der Waals surface area contributed by atoms with Crippen LogP contribution in [0.1, 0.15) is 30.5 Å². The second-order valence-electron chi connectivity index (χ2n) is 8.47. The Morgan fingerprint density at radius 3 is 2.94 bits per heavy atom. The number of benzene rings is 1. The average molecular weight is 455 g/mol. The van der Waals surface area contributed by atoms with Crippen LogP contribution >= 0.6 is 11.3 Å². The molecule has 0 radical (unpaired) electrons. The van der Waals surface area contributed by atoms with Crippen LogP contribution in [0.3, 0.4) is 0 Å². The number of anilines is 1. The molecular formula is C23H30N6O2S. The Hall–Kier alpha value is -2.78. The first-order valence-corrected chi connectivity index (χ1v) is 11.9. The van der Waals surface area contributed by atoms with Gasteiger partial charge in [0.25, 0.3) is 5.56 Å². The molecule has 1 aromatic carbocycles. The van der Waals surface area contributed by atoms with E-state index in [0.717, 1.165) is 44.0 Å². The number of carbonyl (C=O) groups excluding carboxylic acids is 1. The first-order valence-electron chi connectivity index (χ1n) is 11.1. The van der Waals surface area contributed by atoms with Crippen molar-refractivity contribution in [2.24, 2.45) is 5.92 Å². The van der Waals surface area contributed by atoms with Gasteiger partial charge in [0, 0.05) is 37.9 Å². The molecule has 4 rings (SSSR count). The number of fused-ring (bicyclic) bond motifs is 1. The Kier molecular flexibility index (Phi) is 7.16. The van der Waals surface area contributed by atoms with Crippen LogP contribution in [0.5, 0.6) is 0 Å². The van der Waals surface area contributed by atoms with Gasteiger partial charge in [-0.1, -0.05) is 41.7 Å². The van der Waals surface area contributed by atoms with Crippen LogP contribution < -0.4 is 15.8 Å². The lowest BCUT2D eigenvalue weighted by molar-refractivity contribution is -0.125. The first-order chi connectivity index (χ1) is 15.5. The zero-order valence-electron chi connectivity index (χ0n) is 18.7. The maximum Gasteiger partial charge on any atom is 0.275 e. The molecule has 1 N–H and O–H groups in total. The minimum atomic E-state index is -0.168. The number of rotatable bonds is 8. The molecule has 1 saturated heterocycles. The summed E-state index contributed by atoms with van der Waals surface area (Å²) in [6.45, 7) is 5.77. The van der Waals surface area contributed by atoms with Crippen LogP contribution in [-0.4, -0.2) is 58.6 Å². The highest BCUT2D eigenvalue weighted by Gasteiger charge is 2.27. The van der Waals surface area contributed by atoms with Crippen LogP contribution in [0, 0.1) is 12.8 Å². The molecule has 1 aliphatic heterocycles. The maximum atomic E-state index is 12.7. The Morgan fingerprint density at radius 1 is 1.31 bits per heavy atom. The van der Waals surface area contributed by atoms with Crippen molar-refractivity contribution in [3.05, 3.63) is 58.0 Å². The van der Waals surface area contributed by atoms with E-state index < -0.39 is 0 Å². The van der Waals surface area contributed by atoms with Crippen molar-refractivity contribution in [1.82, 2.24) is 24.8 Å². The molecule has 0 saturated carbocycles. The average Bonchev–Trinajstić information content (AvgIpc) is 3.22. The SMILES string of the molecule is Cc1cc(=O)n2nc(N3CCC[C@@H](C(=O)NCCCN(C)Cc4ccccc4)C3)sc2n1. The summed E-state index contributed by atoms with van der Waals surface area (Å²) in [5.74, 6) is 0.0388. The largest absolute Gasteiger partial charge is 0.356 e. The summed E-state index contributed by atoms with van der Waals surface area (Å²) < 4.78 is 1.35. The number of piperidine rings is 1. The van der Waals surface area contributed by atoms with Crippen LogP contribution in [0.15, 0.2) is 41.2 Å². The minimum absolute atomic E-state index is 0.0655. The van der Waals surface area contributed by atoms with Gasteiger partial charge >= 0.3 is 0 Å². The number of hydrogen-bond acceptors (Lipinski definition) is 7. The molecule has 0 unspecified atom stereocenters. The minimum Gasteiger partial charge on any atom is -0.356 e. The lowest BCUT2D eigenvalue weighted by atomic mass is 9.97. The van der Waals surface area contributed by atoms with Crippen molar-refractivity contribution in [1.29, 1.82) is 0 Å². The van der Waals surface area contributed by atoms with E-state index in [-0.39, 0.29) is 17.4 Å². The van der Waals surface area contributed by atoms with Gasteiger partial charge in [0.1, 0.15) is 0 Å². The number of carbonyl (C=O) groups is 1. The van der Waals surface area contributed by atoms with Gasteiger partial charge in [-0.2, -0.15) is 4.52 Å². The van der Waals surface area contributed by atoms with E-state index in [0.29, 0.717) is 23.7 Å². The molecule has 1 aliphatic rings. The van der Waals surface area contributed by atoms with E-state index in [2.05, 4.69) is 56.5 Å². The Labute approximate surface area is 191 Å². The van der Waals surface area contributed by atoms with Gasteiger partial charge in [-0.15, -0.1) is 5.10 Å². The Balaban J connectivity index is 1.26. The summed E-state index contributed by atoms with van der Waals surface area (Å²) >= 11 is 1.40. The van der Waals surface area contributed by atoms with E-state index in [4.69, 9.17) is 0 Å². The molecule has 2 aromatic heterocycles. The van der Waals surface area contributed by atoms with Crippen LogP contribution in [-0.2, 0) is 11.3 Å². The molecule has 1 amide bonds. The lowest BCUT2D eigenvalue weighted by Gasteiger charge is -2.31. The predicted octanol–water partition coefficient (Wildman–Crippen LogP) is 2.31. The maximum absolute atomic E-state index is 12.7. The van der Waals surface area contributed by atoms with Gasteiger partial charge in [-0.3, -0.25) is 9.59 Å². The number of nitrogens with one attached hydrogen (secondary N) is 1. The number of aryl methyl sites for hydroxylation is 1. The van der Waals surface area contributed by atoms with Gasteiger partial charge in [0.15, 0.2) is 0 Å². The van der Waals surface area contributed by atoms with Crippen molar-refractivity contribution < 1.29 is 4.79 Å². The number of aromatic nitrogens is 3. The summed E-state index contributed by atoms with van der Waals surface area (Å²) in [6, 6.07) is 11.9. The molecular weight excluding hydrogens is 424 g/mol. The van der Waals surface area contributed by atoms with Gasteiger partial charge in [-0.05, 0) is 45.3 Å². The zero-order valence-corrected chi connectivity index (χ0v) is 19.5. The number of amides is 1. The monoisotopic (exact) mass is 454 g/mol. The molecule has 1 fully saturated rings. The van der Waals surface area contributed by atoms with Gasteiger partial charge in [-0.25, -0.2) is 4.98 Å². The molecule has 0 bridgehead atoms. The molecule has 0 spiro atoms. The Bertz CT molecular complexity index is 1110. The van der Waals surface area contributed by atoms with Crippen LogP contribution in [0.4, 0.5) is 5.13 Å². The van der Waals surface area contributed by atoms with E-state index in [1.165, 1.54) is 27.5 Å². The van der Waals surface area contributed by atoms with Gasteiger partial charge < -0.3 is 15.1 Å². The molecule has 3 aromatic rings. The summed E-state index contributed by atoms with van der Waals surface area (Å²) in [5.41, 5.74) is 1.82. The summed E-state index contributed by atoms with van der Waals surface area (Å²) in [6.07, 6.45) is 2.71. The van der Waals surface area contributed by atoms with Crippen molar-refractivity contribution in [2.75, 3.05) is 38.1 Å². The normalized spacial score (nSPS) is 16.6. The second kappa shape index (κ2) is 10.2. The van der Waals surface area contributed by atoms with Crippen LogP contribution in [0.2, 0.25) is 0 Å². The fourth-order valence-corrected chi connectivity index (χ4v) is 5.07. The summed E-state index contributed by atoms with van der Waals surface area (Å²) in [4.78, 5) is 34.3. The van der Waals surface area contributed by atoms with Crippen LogP contribution in [0.25, 0.3) is 4.96 Å². The third-order valence-electron chi connectivity index (χ3n) is 5.74. The van der Waals surface area contributed by atoms with E-state index in [1.54, 1.807) is 0 Å². The summed E-state index contributed by atoms with van der Waals surface area (Å²) in [7, 11) is 2.10. The molecule has 32 heavy (non-hydrogen) atoms. The third-order valence-corrected chi connectivity index (χ3v) is 6.71. The van der Waals surface area contributed by atoms with Gasteiger partial charge in [0.2, 0.25) is 16.0 Å². The third kappa shape index (κ3) is 5.52. The fourth-order valence-electron chi connectivity index (χ4n) is 4.08. The van der Waals surface area contributed by atoms with E-state index >= 15 is 0 Å². The molecule has 1 atom stereocenters. The molecule has 9 heteroatoms. The fraction of sp³-hybridized carbons (Fsp3) is 0.478. The highest BCUT2D eigenvalue weighted by Crippen LogP contribution is 2.27.